The lowest BCUT2D eigenvalue weighted by Gasteiger charge is -2.61. The van der Waals surface area contributed by atoms with Crippen molar-refractivity contribution in [2.45, 2.75) is 63.1 Å². The van der Waals surface area contributed by atoms with Gasteiger partial charge in [-0.15, -0.1) is 0 Å². The summed E-state index contributed by atoms with van der Waals surface area (Å²) >= 11 is 0. The van der Waals surface area contributed by atoms with Crippen molar-refractivity contribution in [1.82, 2.24) is 0 Å². The zero-order chi connectivity index (χ0) is 25.9. The van der Waals surface area contributed by atoms with E-state index in [-0.39, 0.29) is 24.0 Å². The molecule has 3 N–H and O–H groups in total. The summed E-state index contributed by atoms with van der Waals surface area (Å²) in [5, 5.41) is 32.3. The summed E-state index contributed by atoms with van der Waals surface area (Å²) < 4.78 is 16.4. The predicted molar refractivity (Wildman–Crippen MR) is 119 cm³/mol. The average molecular weight is 488 g/mol. The van der Waals surface area contributed by atoms with Crippen molar-refractivity contribution in [3.63, 3.8) is 0 Å². The van der Waals surface area contributed by atoms with E-state index in [4.69, 9.17) is 14.2 Å². The molecule has 10 nitrogen and oxygen atoms in total. The standard InChI is InChI=1S/C25H28O10/c1-5-6-7-8-14(26)17-13-11-25(23(2,19(17)28)21(30)24(13,3)32)22(31)34-18-15(27)9-12(20(29)33-4)10-16(18)35-25/h5-9,13,15-16,18,26-27,32H,10-11H2,1-4H3/b6-5+,8-7+,17-14-/t13-,15-,16+,18+,23+,24-,25-/m1/s1. The number of ketones is 2. The lowest BCUT2D eigenvalue weighted by atomic mass is 9.45. The Kier molecular flexibility index (Phi) is 5.90. The Morgan fingerprint density at radius 2 is 1.91 bits per heavy atom. The Balaban J connectivity index is 1.81. The normalized spacial score (nSPS) is 42.3. The fourth-order valence-corrected chi connectivity index (χ4v) is 5.72. The molecule has 1 saturated heterocycles. The molecular weight excluding hydrogens is 460 g/mol. The molecule has 0 aromatic heterocycles. The maximum absolute atomic E-state index is 13.7. The first-order valence-electron chi connectivity index (χ1n) is 11.3. The van der Waals surface area contributed by atoms with Crippen LogP contribution in [0.4, 0.5) is 0 Å². The number of aliphatic hydroxyl groups excluding tert-OH is 2. The number of Topliss-reactive ketones (excluding diaryl/α,β-unsaturated/α-hetero) is 2. The van der Waals surface area contributed by atoms with Crippen LogP contribution in [0, 0.1) is 11.3 Å². The van der Waals surface area contributed by atoms with Crippen LogP contribution in [0.1, 0.15) is 33.6 Å². The Bertz CT molecular complexity index is 1130. The van der Waals surface area contributed by atoms with Crippen LogP contribution < -0.4 is 0 Å². The highest BCUT2D eigenvalue weighted by atomic mass is 16.6. The molecule has 1 heterocycles. The van der Waals surface area contributed by atoms with Crippen molar-refractivity contribution in [2.24, 2.45) is 11.3 Å². The molecule has 1 aliphatic heterocycles. The predicted octanol–water partition coefficient (Wildman–Crippen LogP) is 0.773. The van der Waals surface area contributed by atoms with Crippen molar-refractivity contribution in [3.8, 4) is 0 Å². The SMILES string of the molecule is C/C=C/C=C/C(O)=C1/C(=O)[C@@]2(C)C(=O)[C@](C)(O)[C@@H]1C[C@]21O[C@H]2CC(C(=O)OC)=C[C@@H](O)[C@@H]2OC1=O. The quantitative estimate of drug-likeness (QED) is 0.170. The number of carbonyl (C=O) groups is 4. The molecule has 4 fully saturated rings. The van der Waals surface area contributed by atoms with Crippen LogP contribution in [-0.4, -0.2) is 75.4 Å². The molecule has 4 aliphatic carbocycles. The van der Waals surface area contributed by atoms with Crippen molar-refractivity contribution in [2.75, 3.05) is 7.11 Å². The van der Waals surface area contributed by atoms with E-state index >= 15 is 0 Å². The van der Waals surface area contributed by atoms with E-state index in [9.17, 15) is 34.5 Å². The highest BCUT2D eigenvalue weighted by Crippen LogP contribution is 2.61. The van der Waals surface area contributed by atoms with Crippen LogP contribution in [0.15, 0.2) is 47.3 Å². The Labute approximate surface area is 201 Å². The molecule has 0 radical (unpaired) electrons. The number of aliphatic hydroxyl groups is 3. The zero-order valence-corrected chi connectivity index (χ0v) is 19.8. The largest absolute Gasteiger partial charge is 0.508 e. The first-order valence-corrected chi connectivity index (χ1v) is 11.3. The van der Waals surface area contributed by atoms with Gasteiger partial charge in [0, 0.05) is 23.5 Å². The van der Waals surface area contributed by atoms with Gasteiger partial charge in [-0.3, -0.25) is 9.59 Å². The van der Waals surface area contributed by atoms with Gasteiger partial charge in [0.25, 0.3) is 0 Å². The van der Waals surface area contributed by atoms with E-state index in [1.54, 1.807) is 19.1 Å². The Morgan fingerprint density at radius 1 is 1.23 bits per heavy atom. The summed E-state index contributed by atoms with van der Waals surface area (Å²) in [5.41, 5.74) is -6.51. The summed E-state index contributed by atoms with van der Waals surface area (Å²) in [6, 6.07) is 0. The number of hydrogen-bond acceptors (Lipinski definition) is 10. The topological polar surface area (TPSA) is 157 Å². The maximum Gasteiger partial charge on any atom is 0.340 e. The average Bonchev–Trinajstić information content (AvgIpc) is 2.81. The molecule has 5 rings (SSSR count). The molecular formula is C25H28O10. The van der Waals surface area contributed by atoms with Crippen LogP contribution in [0.2, 0.25) is 0 Å². The number of fused-ring (bicyclic) bond motifs is 3. The summed E-state index contributed by atoms with van der Waals surface area (Å²) in [4.78, 5) is 52.7. The molecule has 188 valence electrons. The van der Waals surface area contributed by atoms with Crippen molar-refractivity contribution in [1.29, 1.82) is 0 Å². The van der Waals surface area contributed by atoms with Gasteiger partial charge < -0.3 is 29.5 Å². The Morgan fingerprint density at radius 3 is 2.54 bits per heavy atom. The van der Waals surface area contributed by atoms with Gasteiger partial charge in [0.1, 0.15) is 29.0 Å². The fraction of sp³-hybridized carbons (Fsp3) is 0.520. The van der Waals surface area contributed by atoms with E-state index < -0.39 is 70.1 Å². The summed E-state index contributed by atoms with van der Waals surface area (Å²) in [6.07, 6.45) is 3.29. The van der Waals surface area contributed by atoms with Gasteiger partial charge in [-0.2, -0.15) is 0 Å². The van der Waals surface area contributed by atoms with Gasteiger partial charge in [0.2, 0.25) is 0 Å². The second-order valence-corrected chi connectivity index (χ2v) is 9.60. The van der Waals surface area contributed by atoms with Crippen molar-refractivity contribution in [3.05, 3.63) is 47.3 Å². The molecule has 0 aromatic rings. The molecule has 2 bridgehead atoms. The van der Waals surface area contributed by atoms with Crippen molar-refractivity contribution >= 4 is 23.5 Å². The van der Waals surface area contributed by atoms with Crippen LogP contribution in [0.25, 0.3) is 0 Å². The van der Waals surface area contributed by atoms with Crippen molar-refractivity contribution < 1.29 is 48.7 Å². The van der Waals surface area contributed by atoms with E-state index in [0.717, 1.165) is 0 Å². The van der Waals surface area contributed by atoms with Crippen LogP contribution in [-0.2, 0) is 33.4 Å². The summed E-state index contributed by atoms with van der Waals surface area (Å²) in [7, 11) is 1.18. The third-order valence-corrected chi connectivity index (χ3v) is 7.64. The number of carbonyl (C=O) groups excluding carboxylic acids is 4. The van der Waals surface area contributed by atoms with E-state index in [2.05, 4.69) is 0 Å². The lowest BCUT2D eigenvalue weighted by molar-refractivity contribution is -0.275. The molecule has 0 amide bonds. The first-order chi connectivity index (χ1) is 16.4. The second-order valence-electron chi connectivity index (χ2n) is 9.60. The van der Waals surface area contributed by atoms with E-state index in [0.29, 0.717) is 0 Å². The number of esters is 2. The number of hydrogen-bond donors (Lipinski definition) is 3. The molecule has 7 atom stereocenters. The van der Waals surface area contributed by atoms with Crippen LogP contribution in [0.5, 0.6) is 0 Å². The molecule has 35 heavy (non-hydrogen) atoms. The second kappa shape index (κ2) is 8.25. The van der Waals surface area contributed by atoms with Gasteiger partial charge in [-0.25, -0.2) is 9.59 Å². The number of methoxy groups -OCH3 is 1. The molecule has 0 aromatic carbocycles. The molecule has 5 aliphatic rings. The molecule has 3 saturated carbocycles. The molecule has 0 unspecified atom stereocenters. The monoisotopic (exact) mass is 488 g/mol. The number of ether oxygens (including phenoxy) is 3. The minimum atomic E-state index is -2.23. The number of allylic oxidation sites excluding steroid dienone is 4. The van der Waals surface area contributed by atoms with Crippen LogP contribution >= 0.6 is 0 Å². The van der Waals surface area contributed by atoms with E-state index in [1.165, 1.54) is 39.2 Å². The van der Waals surface area contributed by atoms with Gasteiger partial charge >= 0.3 is 11.9 Å². The van der Waals surface area contributed by atoms with E-state index in [1.807, 2.05) is 0 Å². The third kappa shape index (κ3) is 3.27. The highest BCUT2D eigenvalue weighted by molar-refractivity contribution is 6.25. The molecule has 10 heteroatoms. The molecule has 1 spiro atoms. The lowest BCUT2D eigenvalue weighted by Crippen LogP contribution is -2.79. The van der Waals surface area contributed by atoms with Gasteiger partial charge in [0.15, 0.2) is 23.3 Å². The fourth-order valence-electron chi connectivity index (χ4n) is 5.72. The minimum Gasteiger partial charge on any atom is -0.508 e. The minimum absolute atomic E-state index is 0.0943. The third-order valence-electron chi connectivity index (χ3n) is 7.64. The Hall–Kier alpha value is -3.08. The zero-order valence-electron chi connectivity index (χ0n) is 19.8. The van der Waals surface area contributed by atoms with Gasteiger partial charge in [-0.1, -0.05) is 18.2 Å². The van der Waals surface area contributed by atoms with Gasteiger partial charge in [0.05, 0.1) is 7.11 Å². The summed E-state index contributed by atoms with van der Waals surface area (Å²) in [6.45, 7) is 4.20. The first kappa shape index (κ1) is 25.0. The maximum atomic E-state index is 13.7. The highest BCUT2D eigenvalue weighted by Gasteiger charge is 2.79. The smallest absolute Gasteiger partial charge is 0.340 e. The number of rotatable bonds is 3. The van der Waals surface area contributed by atoms with Crippen LogP contribution in [0.3, 0.4) is 0 Å². The van der Waals surface area contributed by atoms with Gasteiger partial charge in [-0.05, 0) is 39.3 Å². The summed E-state index contributed by atoms with van der Waals surface area (Å²) in [5.74, 6) is -5.23.